The zero-order valence-electron chi connectivity index (χ0n) is 13.8. The van der Waals surface area contributed by atoms with Gasteiger partial charge in [-0.2, -0.15) is 13.2 Å². The monoisotopic (exact) mass is 301 g/mol. The maximum Gasteiger partial charge on any atom is 0.443 e. The molecule has 0 aliphatic heterocycles. The zero-order chi connectivity index (χ0) is 16.5. The number of thiazole rings is 1. The molecular weight excluding hydrogens is 271 g/mol. The number of aromatic nitrogens is 1. The van der Waals surface area contributed by atoms with E-state index in [4.69, 9.17) is 0 Å². The summed E-state index contributed by atoms with van der Waals surface area (Å²) in [6.07, 6.45) is -3.73. The molecule has 0 aliphatic carbocycles. The fraction of sp³-hybridized carbons (Fsp3) is 0.786. The van der Waals surface area contributed by atoms with E-state index >= 15 is 0 Å². The van der Waals surface area contributed by atoms with Gasteiger partial charge in [0, 0.05) is 5.38 Å². The van der Waals surface area contributed by atoms with Crippen LogP contribution in [0.25, 0.3) is 0 Å². The molecule has 0 N–H and O–H groups in total. The first kappa shape index (κ1) is 26.9. The summed E-state index contributed by atoms with van der Waals surface area (Å²) < 4.78 is 35.7. The normalized spacial score (nSPS) is 8.21. The molecule has 0 amide bonds. The van der Waals surface area contributed by atoms with Gasteiger partial charge in [0.05, 0.1) is 5.69 Å². The lowest BCUT2D eigenvalue weighted by atomic mass is 10.4. The number of halogens is 3. The van der Waals surface area contributed by atoms with E-state index in [9.17, 15) is 13.2 Å². The summed E-state index contributed by atoms with van der Waals surface area (Å²) in [6, 6.07) is 0. The van der Waals surface area contributed by atoms with Crippen LogP contribution in [0, 0.1) is 0 Å². The van der Waals surface area contributed by atoms with Gasteiger partial charge in [0.25, 0.3) is 0 Å². The molecule has 1 aromatic heterocycles. The van der Waals surface area contributed by atoms with Gasteiger partial charge in [-0.3, -0.25) is 0 Å². The van der Waals surface area contributed by atoms with E-state index in [0.717, 1.165) is 0 Å². The van der Waals surface area contributed by atoms with Crippen molar-refractivity contribution < 1.29 is 13.2 Å². The second-order valence-electron chi connectivity index (χ2n) is 2.00. The van der Waals surface area contributed by atoms with Gasteiger partial charge in [-0.25, -0.2) is 4.98 Å². The first-order valence-corrected chi connectivity index (χ1v) is 7.93. The highest BCUT2D eigenvalue weighted by atomic mass is 32.1. The van der Waals surface area contributed by atoms with Gasteiger partial charge >= 0.3 is 6.18 Å². The highest BCUT2D eigenvalue weighted by molar-refractivity contribution is 7.09. The highest BCUT2D eigenvalue weighted by Gasteiger charge is 2.34. The maximum atomic E-state index is 11.9. The van der Waals surface area contributed by atoms with Gasteiger partial charge in [0.15, 0.2) is 5.01 Å². The Morgan fingerprint density at radius 1 is 0.947 bits per heavy atom. The minimum absolute atomic E-state index is 0.502. The second kappa shape index (κ2) is 19.8. The maximum absolute atomic E-state index is 11.9. The van der Waals surface area contributed by atoms with Crippen LogP contribution in [0.1, 0.15) is 73.0 Å². The van der Waals surface area contributed by atoms with Gasteiger partial charge in [-0.05, 0) is 6.42 Å². The largest absolute Gasteiger partial charge is 0.443 e. The SMILES string of the molecule is CC.CC.CC.CC.CCc1csc(C(F)(F)F)n1. The highest BCUT2D eigenvalue weighted by Crippen LogP contribution is 2.31. The van der Waals surface area contributed by atoms with Gasteiger partial charge in [0.2, 0.25) is 0 Å². The molecule has 19 heavy (non-hydrogen) atoms. The molecule has 0 aromatic carbocycles. The zero-order valence-corrected chi connectivity index (χ0v) is 14.6. The number of rotatable bonds is 1. The summed E-state index contributed by atoms with van der Waals surface area (Å²) in [5.41, 5.74) is 0.502. The molecule has 0 fully saturated rings. The smallest absolute Gasteiger partial charge is 0.237 e. The van der Waals surface area contributed by atoms with E-state index in [-0.39, 0.29) is 0 Å². The number of hydrogen-bond donors (Lipinski definition) is 0. The van der Waals surface area contributed by atoms with Crippen LogP contribution in [0.4, 0.5) is 13.2 Å². The first-order chi connectivity index (χ1) is 9.04. The van der Waals surface area contributed by atoms with Gasteiger partial charge in [-0.1, -0.05) is 62.3 Å². The first-order valence-electron chi connectivity index (χ1n) is 7.05. The Kier molecular flexibility index (Phi) is 27.9. The van der Waals surface area contributed by atoms with Crippen molar-refractivity contribution in [2.45, 2.75) is 74.9 Å². The van der Waals surface area contributed by atoms with E-state index in [1.807, 2.05) is 55.4 Å². The fourth-order valence-corrected chi connectivity index (χ4v) is 1.37. The van der Waals surface area contributed by atoms with Crippen LogP contribution < -0.4 is 0 Å². The molecule has 0 aliphatic rings. The van der Waals surface area contributed by atoms with Crippen LogP contribution in [0.15, 0.2) is 5.38 Å². The van der Waals surface area contributed by atoms with Crippen molar-refractivity contribution in [2.75, 3.05) is 0 Å². The molecule has 0 unspecified atom stereocenters. The molecule has 1 heterocycles. The van der Waals surface area contributed by atoms with Crippen LogP contribution in [0.2, 0.25) is 0 Å². The molecule has 0 bridgehead atoms. The summed E-state index contributed by atoms with van der Waals surface area (Å²) in [5.74, 6) is 0. The molecule has 0 spiro atoms. The van der Waals surface area contributed by atoms with Crippen molar-refractivity contribution in [3.8, 4) is 0 Å². The Balaban J connectivity index is -0.000000121. The van der Waals surface area contributed by atoms with E-state index in [2.05, 4.69) is 4.98 Å². The molecule has 0 atom stereocenters. The molecule has 0 saturated carbocycles. The molecule has 0 radical (unpaired) electrons. The fourth-order valence-electron chi connectivity index (χ4n) is 0.600. The standard InChI is InChI=1S/C6H6F3NS.4C2H6/c1-2-4-3-11-5(10-4)6(7,8)9;4*1-2/h3H,2H2,1H3;4*1-2H3. The lowest BCUT2D eigenvalue weighted by molar-refractivity contribution is -0.137. The van der Waals surface area contributed by atoms with Crippen LogP contribution >= 0.6 is 11.3 Å². The molecule has 1 rings (SSSR count). The number of nitrogens with zero attached hydrogens (tertiary/aromatic N) is 1. The molecule has 118 valence electrons. The van der Waals surface area contributed by atoms with E-state index in [0.29, 0.717) is 23.5 Å². The molecular formula is C14H30F3NS. The van der Waals surface area contributed by atoms with Gasteiger partial charge in [-0.15, -0.1) is 11.3 Å². The number of hydrogen-bond acceptors (Lipinski definition) is 2. The lowest BCUT2D eigenvalue weighted by Crippen LogP contribution is -2.03. The Bertz CT molecular complexity index is 245. The summed E-state index contributed by atoms with van der Waals surface area (Å²) >= 11 is 0.645. The van der Waals surface area contributed by atoms with Crippen LogP contribution in [-0.4, -0.2) is 4.98 Å². The van der Waals surface area contributed by atoms with Crippen LogP contribution in [0.5, 0.6) is 0 Å². The van der Waals surface area contributed by atoms with Crippen molar-refractivity contribution in [3.63, 3.8) is 0 Å². The van der Waals surface area contributed by atoms with Crippen molar-refractivity contribution >= 4 is 11.3 Å². The Hall–Kier alpha value is -0.580. The van der Waals surface area contributed by atoms with Crippen molar-refractivity contribution in [2.24, 2.45) is 0 Å². The number of alkyl halides is 3. The van der Waals surface area contributed by atoms with E-state index < -0.39 is 11.2 Å². The Labute approximate surface area is 121 Å². The predicted molar refractivity (Wildman–Crippen MR) is 81.9 cm³/mol. The lowest BCUT2D eigenvalue weighted by Gasteiger charge is -1.98. The van der Waals surface area contributed by atoms with Gasteiger partial charge < -0.3 is 0 Å². The molecule has 1 aromatic rings. The third-order valence-electron chi connectivity index (χ3n) is 1.16. The number of aryl methyl sites for hydroxylation is 1. The van der Waals surface area contributed by atoms with Gasteiger partial charge in [0.1, 0.15) is 0 Å². The average molecular weight is 301 g/mol. The molecule has 1 nitrogen and oxygen atoms in total. The van der Waals surface area contributed by atoms with Crippen molar-refractivity contribution in [1.82, 2.24) is 4.98 Å². The van der Waals surface area contributed by atoms with Crippen LogP contribution in [-0.2, 0) is 12.6 Å². The average Bonchev–Trinajstić information content (AvgIpc) is 2.97. The summed E-state index contributed by atoms with van der Waals surface area (Å²) in [6.45, 7) is 17.8. The minimum atomic E-state index is -4.28. The predicted octanol–water partition coefficient (Wildman–Crippen LogP) is 6.83. The van der Waals surface area contributed by atoms with Crippen molar-refractivity contribution in [1.29, 1.82) is 0 Å². The van der Waals surface area contributed by atoms with E-state index in [1.165, 1.54) is 5.38 Å². The molecule has 5 heteroatoms. The van der Waals surface area contributed by atoms with E-state index in [1.54, 1.807) is 6.92 Å². The summed E-state index contributed by atoms with van der Waals surface area (Å²) in [7, 11) is 0. The topological polar surface area (TPSA) is 12.9 Å². The quantitative estimate of drug-likeness (QED) is 0.554. The Morgan fingerprint density at radius 2 is 1.32 bits per heavy atom. The summed E-state index contributed by atoms with van der Waals surface area (Å²) in [4.78, 5) is 3.39. The molecule has 0 saturated heterocycles. The van der Waals surface area contributed by atoms with Crippen molar-refractivity contribution in [3.05, 3.63) is 16.1 Å². The van der Waals surface area contributed by atoms with Crippen LogP contribution in [0.3, 0.4) is 0 Å². The Morgan fingerprint density at radius 3 is 1.47 bits per heavy atom. The summed E-state index contributed by atoms with van der Waals surface area (Å²) in [5, 5.41) is 0.678. The second-order valence-corrected chi connectivity index (χ2v) is 2.85. The third kappa shape index (κ3) is 15.4. The minimum Gasteiger partial charge on any atom is -0.237 e. The third-order valence-corrected chi connectivity index (χ3v) is 2.09.